The third kappa shape index (κ3) is 2.04. The van der Waals surface area contributed by atoms with Crippen molar-refractivity contribution >= 4 is 17.0 Å². The van der Waals surface area contributed by atoms with Gasteiger partial charge in [0.05, 0.1) is 10.6 Å². The number of hydrogen-bond acceptors (Lipinski definition) is 5. The second kappa shape index (κ2) is 4.38. The number of nitro groups is 1. The van der Waals surface area contributed by atoms with Gasteiger partial charge in [0.25, 0.3) is 5.69 Å². The summed E-state index contributed by atoms with van der Waals surface area (Å²) < 4.78 is 1.84. The van der Waals surface area contributed by atoms with Crippen molar-refractivity contribution in [2.24, 2.45) is 18.0 Å². The zero-order valence-corrected chi connectivity index (χ0v) is 9.85. The molecule has 1 aromatic carbocycles. The van der Waals surface area contributed by atoms with E-state index in [2.05, 4.69) is 5.10 Å². The van der Waals surface area contributed by atoms with Crippen LogP contribution in [0.4, 0.5) is 5.69 Å². The molecule has 17 heavy (non-hydrogen) atoms. The van der Waals surface area contributed by atoms with Crippen molar-refractivity contribution in [1.82, 2.24) is 4.57 Å². The molecule has 2 rings (SSSR count). The fourth-order valence-corrected chi connectivity index (χ4v) is 2.33. The maximum atomic E-state index is 10.5. The van der Waals surface area contributed by atoms with Gasteiger partial charge >= 0.3 is 0 Å². The van der Waals surface area contributed by atoms with Gasteiger partial charge in [0.15, 0.2) is 0 Å². The fourth-order valence-electron chi connectivity index (χ4n) is 1.50. The van der Waals surface area contributed by atoms with E-state index in [1.54, 1.807) is 12.1 Å². The molecule has 0 bridgehead atoms. The first-order valence-electron chi connectivity index (χ1n) is 4.76. The van der Waals surface area contributed by atoms with E-state index >= 15 is 0 Å². The lowest BCUT2D eigenvalue weighted by Crippen LogP contribution is -2.13. The molecule has 0 radical (unpaired) electrons. The van der Waals surface area contributed by atoms with E-state index in [9.17, 15) is 10.1 Å². The molecule has 0 unspecified atom stereocenters. The number of benzene rings is 1. The second-order valence-electron chi connectivity index (χ2n) is 3.40. The minimum Gasteiger partial charge on any atom is -0.320 e. The standard InChI is InChI=1S/C10H10N4O2S/c1-13-9(6-17-10(13)12-11)7-2-4-8(5-3-7)14(15)16/h2-6H,11H2,1H3/b12-10+. The Morgan fingerprint density at radius 1 is 1.41 bits per heavy atom. The molecule has 1 aromatic heterocycles. The van der Waals surface area contributed by atoms with E-state index in [0.29, 0.717) is 4.80 Å². The van der Waals surface area contributed by atoms with E-state index in [0.717, 1.165) is 11.3 Å². The molecule has 7 heteroatoms. The van der Waals surface area contributed by atoms with Gasteiger partial charge in [-0.2, -0.15) is 5.10 Å². The molecule has 0 atom stereocenters. The number of non-ortho nitro benzene ring substituents is 1. The van der Waals surface area contributed by atoms with Crippen molar-refractivity contribution in [3.8, 4) is 11.3 Å². The van der Waals surface area contributed by atoms with Gasteiger partial charge in [0.1, 0.15) is 0 Å². The van der Waals surface area contributed by atoms with Crippen LogP contribution in [0.5, 0.6) is 0 Å². The molecule has 2 aromatic rings. The Labute approximate surface area is 101 Å². The van der Waals surface area contributed by atoms with Crippen LogP contribution in [0.1, 0.15) is 0 Å². The Hall–Kier alpha value is -2.15. The number of nitro benzene ring substituents is 1. The normalized spacial score (nSPS) is 11.7. The van der Waals surface area contributed by atoms with Crippen LogP contribution in [-0.2, 0) is 7.05 Å². The predicted octanol–water partition coefficient (Wildman–Crippen LogP) is 1.44. The molecule has 0 saturated carbocycles. The molecule has 0 amide bonds. The Kier molecular flexibility index (Phi) is 2.92. The van der Waals surface area contributed by atoms with Crippen LogP contribution in [0.3, 0.4) is 0 Å². The predicted molar refractivity (Wildman–Crippen MR) is 65.1 cm³/mol. The molecule has 0 spiro atoms. The molecule has 1 heterocycles. The molecule has 6 nitrogen and oxygen atoms in total. The Morgan fingerprint density at radius 3 is 2.53 bits per heavy atom. The van der Waals surface area contributed by atoms with Crippen molar-refractivity contribution in [3.05, 3.63) is 44.6 Å². The highest BCUT2D eigenvalue weighted by molar-refractivity contribution is 7.07. The van der Waals surface area contributed by atoms with Crippen molar-refractivity contribution in [2.45, 2.75) is 0 Å². The van der Waals surface area contributed by atoms with Crippen LogP contribution >= 0.6 is 11.3 Å². The average Bonchev–Trinajstić information content (AvgIpc) is 2.70. The van der Waals surface area contributed by atoms with E-state index in [4.69, 9.17) is 5.84 Å². The quantitative estimate of drug-likeness (QED) is 0.497. The summed E-state index contributed by atoms with van der Waals surface area (Å²) >= 11 is 1.42. The fraction of sp³-hybridized carbons (Fsp3) is 0.100. The Balaban J connectivity index is 2.47. The lowest BCUT2D eigenvalue weighted by Gasteiger charge is -2.01. The summed E-state index contributed by atoms with van der Waals surface area (Å²) in [6.07, 6.45) is 0. The molecular formula is C10H10N4O2S. The topological polar surface area (TPSA) is 86.4 Å². The van der Waals surface area contributed by atoms with Gasteiger partial charge in [-0.05, 0) is 17.7 Å². The molecule has 0 saturated heterocycles. The third-order valence-corrected chi connectivity index (χ3v) is 3.34. The largest absolute Gasteiger partial charge is 0.320 e. The summed E-state index contributed by atoms with van der Waals surface area (Å²) in [7, 11) is 1.85. The van der Waals surface area contributed by atoms with Crippen molar-refractivity contribution in [1.29, 1.82) is 0 Å². The van der Waals surface area contributed by atoms with Crippen molar-refractivity contribution in [3.63, 3.8) is 0 Å². The van der Waals surface area contributed by atoms with Crippen LogP contribution < -0.4 is 10.6 Å². The summed E-state index contributed by atoms with van der Waals surface area (Å²) in [5.74, 6) is 5.23. The third-order valence-electron chi connectivity index (χ3n) is 2.41. The van der Waals surface area contributed by atoms with Gasteiger partial charge < -0.3 is 10.4 Å². The zero-order chi connectivity index (χ0) is 12.4. The first-order chi connectivity index (χ1) is 8.13. The Bertz CT molecular complexity index is 612. The Morgan fingerprint density at radius 2 is 2.06 bits per heavy atom. The monoisotopic (exact) mass is 250 g/mol. The summed E-state index contributed by atoms with van der Waals surface area (Å²) in [5, 5.41) is 16.1. The molecular weight excluding hydrogens is 240 g/mol. The number of hydrogen-bond donors (Lipinski definition) is 1. The summed E-state index contributed by atoms with van der Waals surface area (Å²) in [4.78, 5) is 10.8. The highest BCUT2D eigenvalue weighted by Gasteiger charge is 2.08. The highest BCUT2D eigenvalue weighted by Crippen LogP contribution is 2.22. The minimum absolute atomic E-state index is 0.0790. The van der Waals surface area contributed by atoms with E-state index in [1.807, 2.05) is 17.0 Å². The molecule has 2 N–H and O–H groups in total. The van der Waals surface area contributed by atoms with Crippen LogP contribution in [0.15, 0.2) is 34.7 Å². The minimum atomic E-state index is -0.419. The van der Waals surface area contributed by atoms with Crippen LogP contribution in [-0.4, -0.2) is 9.49 Å². The number of thiazole rings is 1. The van der Waals surface area contributed by atoms with Crippen LogP contribution in [0.25, 0.3) is 11.3 Å². The second-order valence-corrected chi connectivity index (χ2v) is 4.23. The summed E-state index contributed by atoms with van der Waals surface area (Å²) in [6, 6.07) is 6.37. The number of nitrogens with zero attached hydrogens (tertiary/aromatic N) is 3. The van der Waals surface area contributed by atoms with Gasteiger partial charge in [-0.15, -0.1) is 11.3 Å². The van der Waals surface area contributed by atoms with E-state index in [1.165, 1.54) is 23.5 Å². The molecule has 0 fully saturated rings. The molecule has 0 aliphatic rings. The number of nitrogens with two attached hydrogens (primary N) is 1. The van der Waals surface area contributed by atoms with Gasteiger partial charge in [0, 0.05) is 24.6 Å². The van der Waals surface area contributed by atoms with Gasteiger partial charge in [-0.25, -0.2) is 0 Å². The van der Waals surface area contributed by atoms with Crippen molar-refractivity contribution < 1.29 is 4.92 Å². The zero-order valence-electron chi connectivity index (χ0n) is 9.03. The molecule has 0 aliphatic heterocycles. The SMILES string of the molecule is Cn1c(-c2ccc([N+](=O)[O-])cc2)cs/c1=N/N. The smallest absolute Gasteiger partial charge is 0.269 e. The van der Waals surface area contributed by atoms with Gasteiger partial charge in [-0.1, -0.05) is 0 Å². The first-order valence-corrected chi connectivity index (χ1v) is 5.64. The average molecular weight is 250 g/mol. The lowest BCUT2D eigenvalue weighted by atomic mass is 10.1. The summed E-state index contributed by atoms with van der Waals surface area (Å²) in [5.41, 5.74) is 1.90. The van der Waals surface area contributed by atoms with Gasteiger partial charge in [0.2, 0.25) is 4.80 Å². The maximum absolute atomic E-state index is 10.5. The highest BCUT2D eigenvalue weighted by atomic mass is 32.1. The van der Waals surface area contributed by atoms with Gasteiger partial charge in [-0.3, -0.25) is 10.1 Å². The number of rotatable bonds is 2. The number of aromatic nitrogens is 1. The maximum Gasteiger partial charge on any atom is 0.269 e. The molecule has 88 valence electrons. The first kappa shape index (κ1) is 11.3. The van der Waals surface area contributed by atoms with Crippen LogP contribution in [0, 0.1) is 10.1 Å². The lowest BCUT2D eigenvalue weighted by molar-refractivity contribution is -0.384. The van der Waals surface area contributed by atoms with E-state index < -0.39 is 4.92 Å². The summed E-state index contributed by atoms with van der Waals surface area (Å²) in [6.45, 7) is 0. The van der Waals surface area contributed by atoms with Crippen molar-refractivity contribution in [2.75, 3.05) is 0 Å². The molecule has 0 aliphatic carbocycles. The van der Waals surface area contributed by atoms with E-state index in [-0.39, 0.29) is 5.69 Å². The van der Waals surface area contributed by atoms with Crippen LogP contribution in [0.2, 0.25) is 0 Å².